The number of hydrogen-bond acceptors (Lipinski definition) is 2. The molecule has 0 aliphatic heterocycles. The second-order valence-corrected chi connectivity index (χ2v) is 6.45. The van der Waals surface area contributed by atoms with E-state index >= 15 is 0 Å². The van der Waals surface area contributed by atoms with E-state index in [2.05, 4.69) is 21.0 Å². The van der Waals surface area contributed by atoms with Gasteiger partial charge in [-0.15, -0.1) is 0 Å². The van der Waals surface area contributed by atoms with Gasteiger partial charge in [-0.2, -0.15) is 5.10 Å². The van der Waals surface area contributed by atoms with Crippen molar-refractivity contribution in [2.45, 2.75) is 6.61 Å². The Bertz CT molecular complexity index is 816. The molecule has 1 heterocycles. The molecule has 1 N–H and O–H groups in total. The van der Waals surface area contributed by atoms with Crippen LogP contribution in [-0.4, -0.2) is 14.9 Å². The lowest BCUT2D eigenvalue weighted by atomic mass is 10.1. The molecule has 0 fully saturated rings. The van der Waals surface area contributed by atoms with Crippen LogP contribution in [0.2, 0.25) is 10.0 Å². The van der Waals surface area contributed by atoms with Gasteiger partial charge < -0.3 is 5.11 Å². The molecule has 3 rings (SSSR count). The van der Waals surface area contributed by atoms with E-state index in [1.165, 1.54) is 0 Å². The summed E-state index contributed by atoms with van der Waals surface area (Å²) in [6, 6.07) is 13.0. The third-order valence-corrected chi connectivity index (χ3v) is 4.34. The molecule has 2 aromatic carbocycles. The standard InChI is InChI=1S/C16H11BrCl2N2O/c17-12-3-1-10(2-4-12)16-11(9-22)8-20-21(16)15-6-5-13(18)7-14(15)19/h1-8,22H,9H2. The second-order valence-electron chi connectivity index (χ2n) is 4.69. The minimum Gasteiger partial charge on any atom is -0.392 e. The largest absolute Gasteiger partial charge is 0.392 e. The molecular formula is C16H11BrCl2N2O. The first-order chi connectivity index (χ1) is 10.6. The third-order valence-electron chi connectivity index (χ3n) is 3.27. The Hall–Kier alpha value is -1.33. The summed E-state index contributed by atoms with van der Waals surface area (Å²) in [6.45, 7) is -0.101. The van der Waals surface area contributed by atoms with Gasteiger partial charge in [0.2, 0.25) is 0 Å². The Balaban J connectivity index is 2.21. The Labute approximate surface area is 146 Å². The molecule has 1 aromatic heterocycles. The van der Waals surface area contributed by atoms with Crippen molar-refractivity contribution in [3.05, 3.63) is 68.7 Å². The number of benzene rings is 2. The average molecular weight is 398 g/mol. The highest BCUT2D eigenvalue weighted by atomic mass is 79.9. The zero-order chi connectivity index (χ0) is 15.7. The van der Waals surface area contributed by atoms with Gasteiger partial charge in [0.05, 0.1) is 29.2 Å². The maximum absolute atomic E-state index is 9.59. The SMILES string of the molecule is OCc1cnn(-c2ccc(Cl)cc2Cl)c1-c1ccc(Br)cc1. The Kier molecular flexibility index (Phi) is 4.54. The number of rotatable bonds is 3. The van der Waals surface area contributed by atoms with Crippen LogP contribution >= 0.6 is 39.1 Å². The summed E-state index contributed by atoms with van der Waals surface area (Å²) in [5, 5.41) is 15.0. The van der Waals surface area contributed by atoms with Crippen molar-refractivity contribution < 1.29 is 5.11 Å². The van der Waals surface area contributed by atoms with Gasteiger partial charge >= 0.3 is 0 Å². The van der Waals surface area contributed by atoms with Crippen LogP contribution in [0, 0.1) is 0 Å². The van der Waals surface area contributed by atoms with Crippen molar-refractivity contribution in [1.82, 2.24) is 9.78 Å². The van der Waals surface area contributed by atoms with E-state index in [-0.39, 0.29) is 6.61 Å². The highest BCUT2D eigenvalue weighted by Crippen LogP contribution is 2.31. The predicted octanol–water partition coefficient (Wildman–Crippen LogP) is 5.10. The van der Waals surface area contributed by atoms with Gasteiger partial charge in [0.1, 0.15) is 0 Å². The fourth-order valence-corrected chi connectivity index (χ4v) is 3.00. The quantitative estimate of drug-likeness (QED) is 0.667. The van der Waals surface area contributed by atoms with Gasteiger partial charge in [0.15, 0.2) is 0 Å². The minimum atomic E-state index is -0.101. The van der Waals surface area contributed by atoms with Crippen LogP contribution in [0.15, 0.2) is 53.1 Å². The summed E-state index contributed by atoms with van der Waals surface area (Å²) in [5.74, 6) is 0. The van der Waals surface area contributed by atoms with E-state index < -0.39 is 0 Å². The Morgan fingerprint density at radius 1 is 1.09 bits per heavy atom. The summed E-state index contributed by atoms with van der Waals surface area (Å²) in [5.41, 5.74) is 3.19. The molecule has 0 radical (unpaired) electrons. The first-order valence-corrected chi connectivity index (χ1v) is 8.04. The summed E-state index contributed by atoms with van der Waals surface area (Å²) in [4.78, 5) is 0. The molecule has 112 valence electrons. The second kappa shape index (κ2) is 6.42. The highest BCUT2D eigenvalue weighted by molar-refractivity contribution is 9.10. The van der Waals surface area contributed by atoms with Crippen molar-refractivity contribution >= 4 is 39.1 Å². The zero-order valence-corrected chi connectivity index (χ0v) is 14.4. The van der Waals surface area contributed by atoms with Crippen molar-refractivity contribution in [2.24, 2.45) is 0 Å². The van der Waals surface area contributed by atoms with Gasteiger partial charge in [0, 0.05) is 20.6 Å². The van der Waals surface area contributed by atoms with Crippen molar-refractivity contribution in [3.63, 3.8) is 0 Å². The molecule has 0 spiro atoms. The smallest absolute Gasteiger partial charge is 0.0840 e. The van der Waals surface area contributed by atoms with Crippen LogP contribution in [0.4, 0.5) is 0 Å². The molecule has 0 saturated carbocycles. The predicted molar refractivity (Wildman–Crippen MR) is 92.6 cm³/mol. The zero-order valence-electron chi connectivity index (χ0n) is 11.3. The lowest BCUT2D eigenvalue weighted by Gasteiger charge is -2.11. The van der Waals surface area contributed by atoms with E-state index in [0.717, 1.165) is 21.3 Å². The van der Waals surface area contributed by atoms with Crippen molar-refractivity contribution in [1.29, 1.82) is 0 Å². The van der Waals surface area contributed by atoms with E-state index in [4.69, 9.17) is 23.2 Å². The lowest BCUT2D eigenvalue weighted by Crippen LogP contribution is -2.01. The molecule has 0 bridgehead atoms. The maximum atomic E-state index is 9.59. The molecule has 6 heteroatoms. The maximum Gasteiger partial charge on any atom is 0.0840 e. The molecule has 0 aliphatic rings. The topological polar surface area (TPSA) is 38.1 Å². The van der Waals surface area contributed by atoms with E-state index in [0.29, 0.717) is 15.7 Å². The number of halogens is 3. The van der Waals surface area contributed by atoms with Crippen molar-refractivity contribution in [2.75, 3.05) is 0 Å². The summed E-state index contributed by atoms with van der Waals surface area (Å²) < 4.78 is 2.70. The van der Waals surface area contributed by atoms with Crippen LogP contribution in [0.25, 0.3) is 16.9 Å². The summed E-state index contributed by atoms with van der Waals surface area (Å²) in [7, 11) is 0. The lowest BCUT2D eigenvalue weighted by molar-refractivity contribution is 0.282. The number of hydrogen-bond donors (Lipinski definition) is 1. The number of aliphatic hydroxyl groups excluding tert-OH is 1. The average Bonchev–Trinajstić information content (AvgIpc) is 2.92. The molecule has 0 atom stereocenters. The normalized spacial score (nSPS) is 10.9. The monoisotopic (exact) mass is 396 g/mol. The first kappa shape index (κ1) is 15.6. The van der Waals surface area contributed by atoms with Gasteiger partial charge in [-0.05, 0) is 30.3 Å². The molecule has 22 heavy (non-hydrogen) atoms. The van der Waals surface area contributed by atoms with E-state index in [1.807, 2.05) is 24.3 Å². The van der Waals surface area contributed by atoms with Crippen LogP contribution in [-0.2, 0) is 6.61 Å². The Morgan fingerprint density at radius 3 is 2.45 bits per heavy atom. The minimum absolute atomic E-state index is 0.101. The van der Waals surface area contributed by atoms with Crippen LogP contribution < -0.4 is 0 Å². The first-order valence-electron chi connectivity index (χ1n) is 6.49. The fraction of sp³-hybridized carbons (Fsp3) is 0.0625. The number of aliphatic hydroxyl groups is 1. The molecule has 3 nitrogen and oxygen atoms in total. The van der Waals surface area contributed by atoms with Crippen LogP contribution in [0.1, 0.15) is 5.56 Å². The molecule has 0 aliphatic carbocycles. The Morgan fingerprint density at radius 2 is 1.82 bits per heavy atom. The molecule has 3 aromatic rings. The molecule has 0 unspecified atom stereocenters. The summed E-state index contributed by atoms with van der Waals surface area (Å²) in [6.07, 6.45) is 1.64. The highest BCUT2D eigenvalue weighted by Gasteiger charge is 2.16. The molecule has 0 amide bonds. The van der Waals surface area contributed by atoms with Crippen LogP contribution in [0.5, 0.6) is 0 Å². The van der Waals surface area contributed by atoms with Gasteiger partial charge in [0.25, 0.3) is 0 Å². The molecular weight excluding hydrogens is 387 g/mol. The third kappa shape index (κ3) is 2.92. The number of nitrogens with zero attached hydrogens (tertiary/aromatic N) is 2. The van der Waals surface area contributed by atoms with Gasteiger partial charge in [-0.1, -0.05) is 51.3 Å². The fourth-order valence-electron chi connectivity index (χ4n) is 2.25. The van der Waals surface area contributed by atoms with Gasteiger partial charge in [-0.25, -0.2) is 4.68 Å². The number of aromatic nitrogens is 2. The molecule has 0 saturated heterocycles. The van der Waals surface area contributed by atoms with E-state index in [1.54, 1.807) is 29.1 Å². The van der Waals surface area contributed by atoms with Crippen molar-refractivity contribution in [3.8, 4) is 16.9 Å². The van der Waals surface area contributed by atoms with Gasteiger partial charge in [-0.3, -0.25) is 0 Å². The summed E-state index contributed by atoms with van der Waals surface area (Å²) >= 11 is 15.7. The van der Waals surface area contributed by atoms with Crippen LogP contribution in [0.3, 0.4) is 0 Å². The van der Waals surface area contributed by atoms with E-state index in [9.17, 15) is 5.11 Å².